The highest BCUT2D eigenvalue weighted by molar-refractivity contribution is 5.87. The zero-order valence-electron chi connectivity index (χ0n) is 14.1. The van der Waals surface area contributed by atoms with E-state index in [9.17, 15) is 0 Å². The quantitative estimate of drug-likeness (QED) is 0.767. The van der Waals surface area contributed by atoms with Crippen molar-refractivity contribution in [2.75, 3.05) is 25.0 Å². The van der Waals surface area contributed by atoms with E-state index in [0.29, 0.717) is 12.0 Å². The Labute approximate surface area is 141 Å². The second-order valence-corrected chi connectivity index (χ2v) is 6.65. The third kappa shape index (κ3) is 2.75. The van der Waals surface area contributed by atoms with Crippen molar-refractivity contribution in [2.24, 2.45) is 5.92 Å². The van der Waals surface area contributed by atoms with Gasteiger partial charge in [0.2, 0.25) is 0 Å². The smallest absolute Gasteiger partial charge is 0.142 e. The molecule has 0 bridgehead atoms. The van der Waals surface area contributed by atoms with Crippen molar-refractivity contribution >= 4 is 16.9 Å². The molecule has 7 nitrogen and oxygen atoms in total. The van der Waals surface area contributed by atoms with Gasteiger partial charge >= 0.3 is 0 Å². The summed E-state index contributed by atoms with van der Waals surface area (Å²) in [5, 5.41) is 1.08. The fraction of sp³-hybridized carbons (Fsp3) is 0.471. The van der Waals surface area contributed by atoms with E-state index < -0.39 is 0 Å². The molecule has 7 heteroatoms. The third-order valence-corrected chi connectivity index (χ3v) is 5.10. The van der Waals surface area contributed by atoms with E-state index in [1.807, 2.05) is 18.6 Å². The van der Waals surface area contributed by atoms with Crippen molar-refractivity contribution in [2.45, 2.75) is 25.9 Å². The van der Waals surface area contributed by atoms with Gasteiger partial charge in [-0.05, 0) is 24.9 Å². The Bertz CT molecular complexity index is 794. The lowest BCUT2D eigenvalue weighted by Crippen LogP contribution is -2.51. The fourth-order valence-corrected chi connectivity index (χ4v) is 3.66. The minimum absolute atomic E-state index is 0.418. The molecule has 0 aliphatic carbocycles. The first-order valence-electron chi connectivity index (χ1n) is 8.44. The van der Waals surface area contributed by atoms with Crippen LogP contribution in [0.15, 0.2) is 31.0 Å². The van der Waals surface area contributed by atoms with Crippen LogP contribution in [-0.4, -0.2) is 56.0 Å². The molecule has 4 heterocycles. The molecule has 2 atom stereocenters. The number of imidazole rings is 1. The second-order valence-electron chi connectivity index (χ2n) is 6.65. The van der Waals surface area contributed by atoms with Gasteiger partial charge < -0.3 is 14.9 Å². The molecule has 0 aromatic carbocycles. The minimum atomic E-state index is 0.418. The SMILES string of the molecule is CC1CCN(Cc2ncc[nH]2)CC1N(C)c1ncnc2[nH]ccc12. The van der Waals surface area contributed by atoms with Crippen molar-refractivity contribution in [1.82, 2.24) is 29.8 Å². The van der Waals surface area contributed by atoms with E-state index in [4.69, 9.17) is 0 Å². The summed E-state index contributed by atoms with van der Waals surface area (Å²) >= 11 is 0. The van der Waals surface area contributed by atoms with E-state index in [-0.39, 0.29) is 0 Å². The van der Waals surface area contributed by atoms with Gasteiger partial charge in [0.25, 0.3) is 0 Å². The molecule has 1 aliphatic rings. The van der Waals surface area contributed by atoms with Crippen molar-refractivity contribution in [3.8, 4) is 0 Å². The number of nitrogens with one attached hydrogen (secondary N) is 2. The van der Waals surface area contributed by atoms with Crippen LogP contribution in [-0.2, 0) is 6.54 Å². The normalized spacial score (nSPS) is 22.1. The fourth-order valence-electron chi connectivity index (χ4n) is 3.66. The number of piperidine rings is 1. The molecule has 0 radical (unpaired) electrons. The topological polar surface area (TPSA) is 76.7 Å². The number of aromatic amines is 2. The summed E-state index contributed by atoms with van der Waals surface area (Å²) in [6.45, 7) is 5.32. The maximum absolute atomic E-state index is 4.55. The Morgan fingerprint density at radius 3 is 3.00 bits per heavy atom. The van der Waals surface area contributed by atoms with E-state index in [2.05, 4.69) is 54.8 Å². The van der Waals surface area contributed by atoms with Crippen molar-refractivity contribution in [3.63, 3.8) is 0 Å². The van der Waals surface area contributed by atoms with E-state index in [1.165, 1.54) is 6.42 Å². The van der Waals surface area contributed by atoms with Crippen molar-refractivity contribution in [3.05, 3.63) is 36.8 Å². The predicted molar refractivity (Wildman–Crippen MR) is 93.7 cm³/mol. The lowest BCUT2D eigenvalue weighted by atomic mass is 9.92. The predicted octanol–water partition coefficient (Wildman–Crippen LogP) is 2.03. The molecular formula is C17H23N7. The molecule has 1 saturated heterocycles. The summed E-state index contributed by atoms with van der Waals surface area (Å²) in [7, 11) is 2.15. The largest absolute Gasteiger partial charge is 0.354 e. The Balaban J connectivity index is 1.55. The van der Waals surface area contributed by atoms with Gasteiger partial charge in [0, 0.05) is 38.2 Å². The van der Waals surface area contributed by atoms with Crippen molar-refractivity contribution in [1.29, 1.82) is 0 Å². The second kappa shape index (κ2) is 6.24. The molecule has 2 N–H and O–H groups in total. The molecule has 1 fully saturated rings. The van der Waals surface area contributed by atoms with Crippen LogP contribution < -0.4 is 4.90 Å². The molecule has 1 aliphatic heterocycles. The Kier molecular flexibility index (Phi) is 3.93. The number of aromatic nitrogens is 5. The lowest BCUT2D eigenvalue weighted by molar-refractivity contribution is 0.156. The summed E-state index contributed by atoms with van der Waals surface area (Å²) in [6.07, 6.45) is 8.43. The van der Waals surface area contributed by atoms with Crippen LogP contribution in [0.25, 0.3) is 11.0 Å². The molecule has 0 saturated carbocycles. The van der Waals surface area contributed by atoms with Gasteiger partial charge in [-0.25, -0.2) is 15.0 Å². The van der Waals surface area contributed by atoms with Gasteiger partial charge in [0.05, 0.1) is 11.9 Å². The van der Waals surface area contributed by atoms with Crippen LogP contribution in [0.1, 0.15) is 19.2 Å². The minimum Gasteiger partial charge on any atom is -0.354 e. The Morgan fingerprint density at radius 1 is 1.25 bits per heavy atom. The summed E-state index contributed by atoms with van der Waals surface area (Å²) < 4.78 is 0. The highest BCUT2D eigenvalue weighted by Gasteiger charge is 2.31. The first-order chi connectivity index (χ1) is 11.7. The van der Waals surface area contributed by atoms with Gasteiger partial charge in [-0.2, -0.15) is 0 Å². The molecule has 0 amide bonds. The number of hydrogen-bond acceptors (Lipinski definition) is 5. The average Bonchev–Trinajstić information content (AvgIpc) is 3.27. The van der Waals surface area contributed by atoms with Crippen LogP contribution in [0, 0.1) is 5.92 Å². The van der Waals surface area contributed by atoms with Crippen LogP contribution in [0.5, 0.6) is 0 Å². The number of likely N-dealkylation sites (tertiary alicyclic amines) is 1. The zero-order chi connectivity index (χ0) is 16.5. The van der Waals surface area contributed by atoms with Gasteiger partial charge in [0.1, 0.15) is 23.6 Å². The van der Waals surface area contributed by atoms with Gasteiger partial charge in [-0.15, -0.1) is 0 Å². The number of fused-ring (bicyclic) bond motifs is 1. The molecule has 2 unspecified atom stereocenters. The standard InChI is InChI=1S/C17H23N7/c1-12-4-8-24(10-15-18-6-7-19-15)9-14(12)23(2)17-13-3-5-20-16(13)21-11-22-17/h3,5-7,11-12,14H,4,8-10H2,1-2H3,(H,18,19)(H,20,21,22). The first kappa shape index (κ1) is 15.1. The summed E-state index contributed by atoms with van der Waals surface area (Å²) in [4.78, 5) is 24.4. The molecule has 3 aromatic heterocycles. The molecule has 3 aromatic rings. The van der Waals surface area contributed by atoms with Gasteiger partial charge in [-0.1, -0.05) is 6.92 Å². The van der Waals surface area contributed by atoms with Crippen LogP contribution in [0.3, 0.4) is 0 Å². The Hall–Kier alpha value is -2.41. The summed E-state index contributed by atoms with van der Waals surface area (Å²) in [5.41, 5.74) is 0.891. The number of nitrogens with zero attached hydrogens (tertiary/aromatic N) is 5. The van der Waals surface area contributed by atoms with Crippen LogP contribution in [0.2, 0.25) is 0 Å². The summed E-state index contributed by atoms with van der Waals surface area (Å²) in [5.74, 6) is 2.64. The maximum atomic E-state index is 4.55. The van der Waals surface area contributed by atoms with Gasteiger partial charge in [0.15, 0.2) is 0 Å². The van der Waals surface area contributed by atoms with Crippen LogP contribution in [0.4, 0.5) is 5.82 Å². The number of anilines is 1. The summed E-state index contributed by atoms with van der Waals surface area (Å²) in [6, 6.07) is 2.47. The molecular weight excluding hydrogens is 302 g/mol. The van der Waals surface area contributed by atoms with E-state index in [0.717, 1.165) is 42.3 Å². The monoisotopic (exact) mass is 325 g/mol. The number of likely N-dealkylation sites (N-methyl/N-ethyl adjacent to an activating group) is 1. The molecule has 0 spiro atoms. The molecule has 126 valence electrons. The number of H-pyrrole nitrogens is 2. The highest BCUT2D eigenvalue weighted by Crippen LogP contribution is 2.28. The van der Waals surface area contributed by atoms with Crippen LogP contribution >= 0.6 is 0 Å². The van der Waals surface area contributed by atoms with Gasteiger partial charge in [-0.3, -0.25) is 4.90 Å². The number of rotatable bonds is 4. The van der Waals surface area contributed by atoms with E-state index in [1.54, 1.807) is 6.33 Å². The zero-order valence-corrected chi connectivity index (χ0v) is 14.1. The third-order valence-electron chi connectivity index (χ3n) is 5.10. The highest BCUT2D eigenvalue weighted by atomic mass is 15.3. The van der Waals surface area contributed by atoms with E-state index >= 15 is 0 Å². The average molecular weight is 325 g/mol. The lowest BCUT2D eigenvalue weighted by Gasteiger charge is -2.42. The first-order valence-corrected chi connectivity index (χ1v) is 8.44. The van der Waals surface area contributed by atoms with Crippen molar-refractivity contribution < 1.29 is 0 Å². The molecule has 24 heavy (non-hydrogen) atoms. The maximum Gasteiger partial charge on any atom is 0.142 e. The molecule has 4 rings (SSSR count). The Morgan fingerprint density at radius 2 is 2.17 bits per heavy atom. The number of hydrogen-bond donors (Lipinski definition) is 2.